The van der Waals surface area contributed by atoms with Gasteiger partial charge in [0.25, 0.3) is 0 Å². The third kappa shape index (κ3) is 2.42. The largest absolute Gasteiger partial charge is 0.349 e. The van der Waals surface area contributed by atoms with Crippen LogP contribution in [0.25, 0.3) is 22.3 Å². The molecule has 0 spiro atoms. The first-order chi connectivity index (χ1) is 11.2. The molecule has 0 fully saturated rings. The summed E-state index contributed by atoms with van der Waals surface area (Å²) in [5.74, 6) is 0.0859. The van der Waals surface area contributed by atoms with Crippen molar-refractivity contribution in [1.29, 1.82) is 0 Å². The van der Waals surface area contributed by atoms with E-state index >= 15 is 0 Å². The molecule has 4 rings (SSSR count). The Bertz CT molecular complexity index is 906. The minimum Gasteiger partial charge on any atom is -0.349 e. The van der Waals surface area contributed by atoms with Gasteiger partial charge in [0.2, 0.25) is 5.91 Å². The molecule has 2 aromatic carbocycles. The lowest BCUT2D eigenvalue weighted by Gasteiger charge is -2.22. The lowest BCUT2D eigenvalue weighted by molar-refractivity contribution is -0.120. The molecule has 4 heteroatoms. The number of rotatable bonds is 2. The van der Waals surface area contributed by atoms with Crippen LogP contribution < -0.4 is 5.32 Å². The van der Waals surface area contributed by atoms with Gasteiger partial charge < -0.3 is 5.32 Å². The molecule has 1 atom stereocenters. The number of imidazole rings is 1. The van der Waals surface area contributed by atoms with E-state index in [-0.39, 0.29) is 11.9 Å². The van der Waals surface area contributed by atoms with Gasteiger partial charge in [-0.3, -0.25) is 9.36 Å². The SMILES string of the molecule is CC1NC(=O)CC=C1c1ccc(-n2cnc3ccccc32)cc1. The zero-order chi connectivity index (χ0) is 15.8. The molecular weight excluding hydrogens is 286 g/mol. The summed E-state index contributed by atoms with van der Waals surface area (Å²) in [4.78, 5) is 15.9. The lowest BCUT2D eigenvalue weighted by Crippen LogP contribution is -2.36. The number of nitrogens with one attached hydrogen (secondary N) is 1. The second kappa shape index (κ2) is 5.39. The van der Waals surface area contributed by atoms with Crippen molar-refractivity contribution in [3.63, 3.8) is 0 Å². The average molecular weight is 303 g/mol. The molecule has 1 unspecified atom stereocenters. The lowest BCUT2D eigenvalue weighted by atomic mass is 9.95. The summed E-state index contributed by atoms with van der Waals surface area (Å²) in [6, 6.07) is 16.5. The Labute approximate surface area is 134 Å². The van der Waals surface area contributed by atoms with Crippen molar-refractivity contribution >= 4 is 22.5 Å². The fourth-order valence-electron chi connectivity index (χ4n) is 3.10. The topological polar surface area (TPSA) is 46.9 Å². The van der Waals surface area contributed by atoms with Crippen LogP contribution in [0.4, 0.5) is 0 Å². The van der Waals surface area contributed by atoms with Crippen molar-refractivity contribution in [2.45, 2.75) is 19.4 Å². The standard InChI is InChI=1S/C19H17N3O/c1-13-16(10-11-19(23)21-13)14-6-8-15(9-7-14)22-12-20-17-4-2-3-5-18(17)22/h2-10,12-13H,11H2,1H3,(H,21,23). The molecule has 0 saturated carbocycles. The molecule has 1 aliphatic rings. The minimum absolute atomic E-state index is 0.0520. The molecule has 1 amide bonds. The van der Waals surface area contributed by atoms with E-state index in [1.807, 2.05) is 37.5 Å². The number of aromatic nitrogens is 2. The molecule has 114 valence electrons. The summed E-state index contributed by atoms with van der Waals surface area (Å²) in [5.41, 5.74) is 5.48. The molecule has 1 N–H and O–H groups in total. The van der Waals surface area contributed by atoms with Gasteiger partial charge in [-0.15, -0.1) is 0 Å². The number of para-hydroxylation sites is 2. The Hall–Kier alpha value is -2.88. The second-order valence-electron chi connectivity index (χ2n) is 5.80. The van der Waals surface area contributed by atoms with Gasteiger partial charge in [0.15, 0.2) is 0 Å². The zero-order valence-corrected chi connectivity index (χ0v) is 12.9. The predicted octanol–water partition coefficient (Wildman–Crippen LogP) is 3.32. The molecule has 3 aromatic rings. The number of carbonyl (C=O) groups excluding carboxylic acids is 1. The van der Waals surface area contributed by atoms with Crippen LogP contribution in [0.5, 0.6) is 0 Å². The van der Waals surface area contributed by atoms with Crippen molar-refractivity contribution in [3.8, 4) is 5.69 Å². The summed E-state index contributed by atoms with van der Waals surface area (Å²) in [6.07, 6.45) is 4.32. The van der Waals surface area contributed by atoms with Crippen molar-refractivity contribution in [2.24, 2.45) is 0 Å². The summed E-state index contributed by atoms with van der Waals surface area (Å²) in [5, 5.41) is 2.97. The second-order valence-corrected chi connectivity index (χ2v) is 5.80. The molecule has 0 radical (unpaired) electrons. The summed E-state index contributed by atoms with van der Waals surface area (Å²) in [7, 11) is 0. The highest BCUT2D eigenvalue weighted by molar-refractivity contribution is 5.87. The first kappa shape index (κ1) is 13.8. The van der Waals surface area contributed by atoms with Crippen LogP contribution in [-0.2, 0) is 4.79 Å². The van der Waals surface area contributed by atoms with E-state index in [2.05, 4.69) is 45.2 Å². The van der Waals surface area contributed by atoms with Gasteiger partial charge in [0.05, 0.1) is 17.1 Å². The first-order valence-corrected chi connectivity index (χ1v) is 7.75. The van der Waals surface area contributed by atoms with Gasteiger partial charge >= 0.3 is 0 Å². The number of hydrogen-bond donors (Lipinski definition) is 1. The van der Waals surface area contributed by atoms with Crippen LogP contribution in [0, 0.1) is 0 Å². The van der Waals surface area contributed by atoms with Crippen LogP contribution in [0.2, 0.25) is 0 Å². The van der Waals surface area contributed by atoms with Crippen molar-refractivity contribution < 1.29 is 4.79 Å². The third-order valence-electron chi connectivity index (χ3n) is 4.28. The normalized spacial score (nSPS) is 17.9. The molecule has 0 saturated heterocycles. The van der Waals surface area contributed by atoms with E-state index in [0.717, 1.165) is 22.3 Å². The smallest absolute Gasteiger partial charge is 0.224 e. The maximum Gasteiger partial charge on any atom is 0.224 e. The van der Waals surface area contributed by atoms with E-state index in [1.54, 1.807) is 0 Å². The highest BCUT2D eigenvalue weighted by atomic mass is 16.1. The van der Waals surface area contributed by atoms with E-state index in [4.69, 9.17) is 0 Å². The molecule has 4 nitrogen and oxygen atoms in total. The van der Waals surface area contributed by atoms with Gasteiger partial charge in [0.1, 0.15) is 6.33 Å². The molecule has 1 aliphatic heterocycles. The summed E-state index contributed by atoms with van der Waals surface area (Å²) in [6.45, 7) is 2.01. The van der Waals surface area contributed by atoms with Crippen molar-refractivity contribution in [2.75, 3.05) is 0 Å². The third-order valence-corrected chi connectivity index (χ3v) is 4.28. The number of benzene rings is 2. The van der Waals surface area contributed by atoms with Crippen LogP contribution >= 0.6 is 0 Å². The fraction of sp³-hybridized carbons (Fsp3) is 0.158. The Balaban J connectivity index is 1.70. The Morgan fingerprint density at radius 1 is 1.13 bits per heavy atom. The van der Waals surface area contributed by atoms with Gasteiger partial charge in [-0.2, -0.15) is 0 Å². The molecule has 2 heterocycles. The quantitative estimate of drug-likeness (QED) is 0.789. The molecule has 0 aliphatic carbocycles. The average Bonchev–Trinajstić information content (AvgIpc) is 2.99. The van der Waals surface area contributed by atoms with Crippen LogP contribution in [0.3, 0.4) is 0 Å². The van der Waals surface area contributed by atoms with Gasteiger partial charge in [-0.25, -0.2) is 4.98 Å². The Morgan fingerprint density at radius 3 is 2.70 bits per heavy atom. The van der Waals surface area contributed by atoms with Gasteiger partial charge in [0, 0.05) is 12.1 Å². The van der Waals surface area contributed by atoms with E-state index in [0.29, 0.717) is 6.42 Å². The number of nitrogens with zero attached hydrogens (tertiary/aromatic N) is 2. The number of carbonyl (C=O) groups is 1. The maximum atomic E-state index is 11.4. The van der Waals surface area contributed by atoms with E-state index < -0.39 is 0 Å². The zero-order valence-electron chi connectivity index (χ0n) is 12.9. The molecule has 0 bridgehead atoms. The highest BCUT2D eigenvalue weighted by Crippen LogP contribution is 2.24. The minimum atomic E-state index is 0.0520. The summed E-state index contributed by atoms with van der Waals surface area (Å²) >= 11 is 0. The van der Waals surface area contributed by atoms with Gasteiger partial charge in [-0.1, -0.05) is 30.3 Å². The monoisotopic (exact) mass is 303 g/mol. The number of hydrogen-bond acceptors (Lipinski definition) is 2. The van der Waals surface area contributed by atoms with E-state index in [9.17, 15) is 4.79 Å². The number of fused-ring (bicyclic) bond motifs is 1. The van der Waals surface area contributed by atoms with Gasteiger partial charge in [-0.05, 0) is 42.3 Å². The number of amides is 1. The van der Waals surface area contributed by atoms with Crippen molar-refractivity contribution in [3.05, 3.63) is 66.5 Å². The van der Waals surface area contributed by atoms with Crippen LogP contribution in [0.15, 0.2) is 60.9 Å². The fourth-order valence-corrected chi connectivity index (χ4v) is 3.10. The Morgan fingerprint density at radius 2 is 1.91 bits per heavy atom. The van der Waals surface area contributed by atoms with Crippen molar-refractivity contribution in [1.82, 2.24) is 14.9 Å². The Kier molecular flexibility index (Phi) is 3.23. The van der Waals surface area contributed by atoms with Crippen LogP contribution in [0.1, 0.15) is 18.9 Å². The summed E-state index contributed by atoms with van der Waals surface area (Å²) < 4.78 is 2.08. The molecular formula is C19H17N3O. The molecule has 1 aromatic heterocycles. The van der Waals surface area contributed by atoms with Crippen LogP contribution in [-0.4, -0.2) is 21.5 Å². The van der Waals surface area contributed by atoms with E-state index in [1.165, 1.54) is 5.57 Å². The maximum absolute atomic E-state index is 11.4. The highest BCUT2D eigenvalue weighted by Gasteiger charge is 2.18. The molecule has 23 heavy (non-hydrogen) atoms. The predicted molar refractivity (Wildman–Crippen MR) is 91.3 cm³/mol. The first-order valence-electron chi connectivity index (χ1n) is 7.75.